The summed E-state index contributed by atoms with van der Waals surface area (Å²) in [6, 6.07) is 11.7. The van der Waals surface area contributed by atoms with Crippen LogP contribution in [-0.4, -0.2) is 36.6 Å². The number of ether oxygens (including phenoxy) is 2. The molecule has 2 heterocycles. The van der Waals surface area contributed by atoms with E-state index in [4.69, 9.17) is 32.7 Å². The first-order chi connectivity index (χ1) is 13.0. The Kier molecular flexibility index (Phi) is 4.61. The zero-order valence-corrected chi connectivity index (χ0v) is 15.7. The molecule has 6 nitrogen and oxygen atoms in total. The molecule has 0 radical (unpaired) electrons. The van der Waals surface area contributed by atoms with Crippen LogP contribution in [0.4, 0.5) is 4.79 Å². The molecular weight excluding hydrogens is 391 g/mol. The quantitative estimate of drug-likeness (QED) is 0.787. The molecule has 2 aromatic carbocycles. The van der Waals surface area contributed by atoms with Gasteiger partial charge in [-0.3, -0.25) is 9.69 Å². The molecule has 8 heteroatoms. The predicted molar refractivity (Wildman–Crippen MR) is 100 cm³/mol. The number of rotatable bonds is 4. The number of urea groups is 1. The number of imide groups is 1. The molecular formula is C19H16Cl2N2O4. The summed E-state index contributed by atoms with van der Waals surface area (Å²) in [7, 11) is 0. The third-order valence-corrected chi connectivity index (χ3v) is 5.27. The van der Waals surface area contributed by atoms with Crippen LogP contribution >= 0.6 is 23.2 Å². The van der Waals surface area contributed by atoms with Crippen molar-refractivity contribution in [3.05, 3.63) is 58.1 Å². The zero-order valence-electron chi connectivity index (χ0n) is 14.2. The summed E-state index contributed by atoms with van der Waals surface area (Å²) in [6.07, 6.45) is 0.381. The molecule has 2 aliphatic rings. The maximum Gasteiger partial charge on any atom is 0.325 e. The standard InChI is InChI=1S/C19H16Cl2N2O4/c20-12-5-6-14(21)16(11-12)27-10-8-23-17(24)19(22-18(23)25)7-9-26-15-4-2-1-3-13(15)19/h1-6,11H,7-10H2,(H,22,25). The van der Waals surface area contributed by atoms with Crippen LogP contribution in [0.2, 0.25) is 10.0 Å². The maximum absolute atomic E-state index is 13.1. The Bertz CT molecular complexity index is 920. The van der Waals surface area contributed by atoms with Crippen LogP contribution in [0.15, 0.2) is 42.5 Å². The molecule has 1 N–H and O–H groups in total. The fourth-order valence-electron chi connectivity index (χ4n) is 3.41. The number of carbonyl (C=O) groups is 2. The Morgan fingerprint density at radius 2 is 2.00 bits per heavy atom. The molecule has 1 fully saturated rings. The topological polar surface area (TPSA) is 67.9 Å². The van der Waals surface area contributed by atoms with Crippen molar-refractivity contribution in [1.29, 1.82) is 0 Å². The highest BCUT2D eigenvalue weighted by Gasteiger charge is 2.54. The van der Waals surface area contributed by atoms with Gasteiger partial charge in [0.25, 0.3) is 5.91 Å². The second-order valence-corrected chi connectivity index (χ2v) is 7.15. The van der Waals surface area contributed by atoms with Gasteiger partial charge >= 0.3 is 6.03 Å². The third kappa shape index (κ3) is 3.09. The van der Waals surface area contributed by atoms with Crippen LogP contribution in [0.5, 0.6) is 11.5 Å². The lowest BCUT2D eigenvalue weighted by atomic mass is 9.84. The summed E-state index contributed by atoms with van der Waals surface area (Å²) >= 11 is 12.0. The maximum atomic E-state index is 13.1. The fourth-order valence-corrected chi connectivity index (χ4v) is 3.74. The van der Waals surface area contributed by atoms with Gasteiger partial charge in [0.05, 0.1) is 18.2 Å². The minimum absolute atomic E-state index is 0.0955. The molecule has 2 aliphatic heterocycles. The lowest BCUT2D eigenvalue weighted by molar-refractivity contribution is -0.132. The van der Waals surface area contributed by atoms with Crippen molar-refractivity contribution in [1.82, 2.24) is 10.2 Å². The van der Waals surface area contributed by atoms with E-state index in [0.29, 0.717) is 40.1 Å². The zero-order chi connectivity index (χ0) is 19.0. The number of nitrogens with zero attached hydrogens (tertiary/aromatic N) is 1. The largest absolute Gasteiger partial charge is 0.493 e. The molecule has 0 bridgehead atoms. The van der Waals surface area contributed by atoms with Gasteiger partial charge in [-0.1, -0.05) is 41.4 Å². The lowest BCUT2D eigenvalue weighted by Crippen LogP contribution is -2.47. The van der Waals surface area contributed by atoms with Crippen LogP contribution in [-0.2, 0) is 10.3 Å². The van der Waals surface area contributed by atoms with Gasteiger partial charge in [-0.25, -0.2) is 4.79 Å². The number of benzene rings is 2. The van der Waals surface area contributed by atoms with Crippen LogP contribution in [0, 0.1) is 0 Å². The Morgan fingerprint density at radius 1 is 1.19 bits per heavy atom. The summed E-state index contributed by atoms with van der Waals surface area (Å²) in [5.41, 5.74) is -0.407. The van der Waals surface area contributed by atoms with Gasteiger partial charge in [0.15, 0.2) is 5.54 Å². The fraction of sp³-hybridized carbons (Fsp3) is 0.263. The Balaban J connectivity index is 1.50. The Labute approximate surface area is 165 Å². The van der Waals surface area contributed by atoms with Crippen LogP contribution in [0.3, 0.4) is 0 Å². The summed E-state index contributed by atoms with van der Waals surface area (Å²) in [6.45, 7) is 0.553. The summed E-state index contributed by atoms with van der Waals surface area (Å²) in [5.74, 6) is 0.715. The van der Waals surface area contributed by atoms with E-state index in [-0.39, 0.29) is 19.1 Å². The third-order valence-electron chi connectivity index (χ3n) is 4.72. The SMILES string of the molecule is O=C1NC2(CCOc3ccccc32)C(=O)N1CCOc1cc(Cl)ccc1Cl. The van der Waals surface area contributed by atoms with Gasteiger partial charge in [0.1, 0.15) is 18.1 Å². The molecule has 3 amide bonds. The Morgan fingerprint density at radius 3 is 2.85 bits per heavy atom. The number of nitrogens with one attached hydrogen (secondary N) is 1. The smallest absolute Gasteiger partial charge is 0.325 e. The van der Waals surface area contributed by atoms with Crippen molar-refractivity contribution in [2.45, 2.75) is 12.0 Å². The van der Waals surface area contributed by atoms with Crippen molar-refractivity contribution in [2.75, 3.05) is 19.8 Å². The number of halogens is 2. The molecule has 4 rings (SSSR count). The monoisotopic (exact) mass is 406 g/mol. The van der Waals surface area contributed by atoms with Crippen molar-refractivity contribution < 1.29 is 19.1 Å². The second kappa shape index (κ2) is 6.94. The van der Waals surface area contributed by atoms with Crippen molar-refractivity contribution in [2.24, 2.45) is 0 Å². The Hall–Kier alpha value is -2.44. The van der Waals surface area contributed by atoms with Gasteiger partial charge < -0.3 is 14.8 Å². The minimum Gasteiger partial charge on any atom is -0.493 e. The molecule has 0 aromatic heterocycles. The van der Waals surface area contributed by atoms with Crippen molar-refractivity contribution in [3.63, 3.8) is 0 Å². The molecule has 1 saturated heterocycles. The van der Waals surface area contributed by atoms with Crippen molar-refractivity contribution >= 4 is 35.1 Å². The van der Waals surface area contributed by atoms with Gasteiger partial charge in [-0.2, -0.15) is 0 Å². The van der Waals surface area contributed by atoms with Crippen molar-refractivity contribution in [3.8, 4) is 11.5 Å². The number of para-hydroxylation sites is 1. The van der Waals surface area contributed by atoms with Gasteiger partial charge in [0, 0.05) is 23.1 Å². The van der Waals surface area contributed by atoms with E-state index < -0.39 is 11.6 Å². The summed E-state index contributed by atoms with van der Waals surface area (Å²) in [4.78, 5) is 26.8. The van der Waals surface area contributed by atoms with E-state index in [9.17, 15) is 9.59 Å². The average Bonchev–Trinajstić information content (AvgIpc) is 2.89. The molecule has 0 saturated carbocycles. The summed E-state index contributed by atoms with van der Waals surface area (Å²) in [5, 5.41) is 3.75. The number of carbonyl (C=O) groups excluding carboxylic acids is 2. The van der Waals surface area contributed by atoms with Crippen LogP contribution in [0.25, 0.3) is 0 Å². The number of hydrogen-bond acceptors (Lipinski definition) is 4. The predicted octanol–water partition coefficient (Wildman–Crippen LogP) is 3.60. The highest BCUT2D eigenvalue weighted by atomic mass is 35.5. The number of fused-ring (bicyclic) bond motifs is 2. The highest BCUT2D eigenvalue weighted by Crippen LogP contribution is 2.40. The average molecular weight is 407 g/mol. The molecule has 140 valence electrons. The van der Waals surface area contributed by atoms with Crippen LogP contribution < -0.4 is 14.8 Å². The number of amides is 3. The number of hydrogen-bond donors (Lipinski definition) is 1. The van der Waals surface area contributed by atoms with Gasteiger partial charge in [0.2, 0.25) is 0 Å². The first-order valence-corrected chi connectivity index (χ1v) is 9.21. The molecule has 1 atom stereocenters. The van der Waals surface area contributed by atoms with E-state index in [1.54, 1.807) is 30.3 Å². The minimum atomic E-state index is -1.08. The first-order valence-electron chi connectivity index (χ1n) is 8.45. The van der Waals surface area contributed by atoms with E-state index >= 15 is 0 Å². The highest BCUT2D eigenvalue weighted by molar-refractivity contribution is 6.34. The molecule has 0 aliphatic carbocycles. The second-order valence-electron chi connectivity index (χ2n) is 6.31. The van der Waals surface area contributed by atoms with E-state index in [0.717, 1.165) is 0 Å². The lowest BCUT2D eigenvalue weighted by Gasteiger charge is -2.33. The first kappa shape index (κ1) is 17.9. The van der Waals surface area contributed by atoms with E-state index in [1.165, 1.54) is 4.90 Å². The normalized spacial score (nSPS) is 21.0. The van der Waals surface area contributed by atoms with E-state index in [2.05, 4.69) is 5.32 Å². The van der Waals surface area contributed by atoms with Gasteiger partial charge in [-0.05, 0) is 18.2 Å². The molecule has 2 aromatic rings. The summed E-state index contributed by atoms with van der Waals surface area (Å²) < 4.78 is 11.2. The molecule has 1 unspecified atom stereocenters. The van der Waals surface area contributed by atoms with Gasteiger partial charge in [-0.15, -0.1) is 0 Å². The van der Waals surface area contributed by atoms with E-state index in [1.807, 2.05) is 12.1 Å². The molecule has 27 heavy (non-hydrogen) atoms. The van der Waals surface area contributed by atoms with Crippen LogP contribution in [0.1, 0.15) is 12.0 Å². The molecule has 1 spiro atoms.